The number of hydrogen-bond acceptors (Lipinski definition) is 8. The van der Waals surface area contributed by atoms with Crippen LogP contribution in [0.25, 0.3) is 0 Å². The van der Waals surface area contributed by atoms with E-state index in [1.165, 1.54) is 29.3 Å². The highest BCUT2D eigenvalue weighted by Crippen LogP contribution is 2.38. The topological polar surface area (TPSA) is 122 Å². The normalized spacial score (nSPS) is 20.0. The van der Waals surface area contributed by atoms with E-state index in [0.29, 0.717) is 10.7 Å². The summed E-state index contributed by atoms with van der Waals surface area (Å²) in [5, 5.41) is 16.9. The van der Waals surface area contributed by atoms with E-state index < -0.39 is 34.7 Å². The number of nitro benzene ring substituents is 1. The van der Waals surface area contributed by atoms with Gasteiger partial charge in [-0.25, -0.2) is 9.69 Å². The van der Waals surface area contributed by atoms with E-state index in [9.17, 15) is 24.5 Å². The minimum atomic E-state index is -1.17. The largest absolute Gasteiger partial charge is 0.461 e. The third-order valence-electron chi connectivity index (χ3n) is 4.94. The maximum Gasteiger partial charge on any atom is 0.355 e. The van der Waals surface area contributed by atoms with Gasteiger partial charge < -0.3 is 4.74 Å². The van der Waals surface area contributed by atoms with Crippen LogP contribution in [0.15, 0.2) is 53.6 Å². The van der Waals surface area contributed by atoms with Crippen LogP contribution in [0.2, 0.25) is 5.02 Å². The van der Waals surface area contributed by atoms with E-state index in [1.807, 2.05) is 0 Å². The number of imide groups is 1. The summed E-state index contributed by atoms with van der Waals surface area (Å²) in [6, 6.07) is 10.3. The number of carbonyl (C=O) groups is 3. The molecule has 1 fully saturated rings. The highest BCUT2D eigenvalue weighted by atomic mass is 35.5. The van der Waals surface area contributed by atoms with Gasteiger partial charge in [0, 0.05) is 17.2 Å². The molecule has 2 amide bonds. The molecule has 0 N–H and O–H groups in total. The Hall–Kier alpha value is -3.79. The SMILES string of the molecule is CCOC(=O)C1=NN(c2ccc(Cl)cc2)[C@H]2C(=O)N(c3ccc([N+](=O)[O-])cc3)C(=O)[C@H]12. The average Bonchev–Trinajstić information content (AvgIpc) is 3.26. The summed E-state index contributed by atoms with van der Waals surface area (Å²) in [4.78, 5) is 50.2. The van der Waals surface area contributed by atoms with Crippen LogP contribution >= 0.6 is 11.6 Å². The fourth-order valence-corrected chi connectivity index (χ4v) is 3.70. The second kappa shape index (κ2) is 7.80. The molecule has 0 aromatic heterocycles. The molecule has 0 unspecified atom stereocenters. The number of halogens is 1. The third-order valence-corrected chi connectivity index (χ3v) is 5.20. The van der Waals surface area contributed by atoms with Crippen molar-refractivity contribution in [2.24, 2.45) is 11.0 Å². The molecule has 1 saturated heterocycles. The minimum absolute atomic E-state index is 0.0738. The van der Waals surface area contributed by atoms with E-state index in [1.54, 1.807) is 31.2 Å². The van der Waals surface area contributed by atoms with E-state index in [2.05, 4.69) is 5.10 Å². The van der Waals surface area contributed by atoms with Crippen LogP contribution in [0.4, 0.5) is 17.1 Å². The van der Waals surface area contributed by atoms with Crippen molar-refractivity contribution >= 4 is 52.2 Å². The van der Waals surface area contributed by atoms with E-state index in [-0.39, 0.29) is 23.7 Å². The molecule has 0 radical (unpaired) electrons. The predicted molar refractivity (Wildman–Crippen MR) is 111 cm³/mol. The Morgan fingerprint density at radius 2 is 1.71 bits per heavy atom. The first kappa shape index (κ1) is 20.5. The minimum Gasteiger partial charge on any atom is -0.461 e. The number of esters is 1. The zero-order chi connectivity index (χ0) is 22.3. The van der Waals surface area contributed by atoms with Crippen molar-refractivity contribution in [3.8, 4) is 0 Å². The Morgan fingerprint density at radius 1 is 1.10 bits per heavy atom. The first-order valence-corrected chi connectivity index (χ1v) is 9.64. The summed E-state index contributed by atoms with van der Waals surface area (Å²) < 4.78 is 5.03. The molecular formula is C20H15ClN4O6. The highest BCUT2D eigenvalue weighted by Gasteiger charge is 2.59. The van der Waals surface area contributed by atoms with Gasteiger partial charge in [0.1, 0.15) is 12.0 Å². The Balaban J connectivity index is 1.76. The number of anilines is 2. The molecule has 2 heterocycles. The lowest BCUT2D eigenvalue weighted by Crippen LogP contribution is -2.39. The summed E-state index contributed by atoms with van der Waals surface area (Å²) in [5.74, 6) is -3.23. The average molecular weight is 443 g/mol. The molecule has 4 rings (SSSR count). The fourth-order valence-electron chi connectivity index (χ4n) is 3.57. The molecule has 158 valence electrons. The quantitative estimate of drug-likeness (QED) is 0.302. The third kappa shape index (κ3) is 3.40. The molecule has 2 atom stereocenters. The number of nitrogens with zero attached hydrogens (tertiary/aromatic N) is 4. The zero-order valence-corrected chi connectivity index (χ0v) is 16.9. The molecule has 2 aliphatic heterocycles. The highest BCUT2D eigenvalue weighted by molar-refractivity contribution is 6.47. The summed E-state index contributed by atoms with van der Waals surface area (Å²) in [5.41, 5.74) is 0.267. The summed E-state index contributed by atoms with van der Waals surface area (Å²) >= 11 is 5.93. The molecule has 0 spiro atoms. The van der Waals surface area contributed by atoms with Crippen LogP contribution in [-0.2, 0) is 19.1 Å². The lowest BCUT2D eigenvalue weighted by atomic mass is 9.98. The number of hydrazone groups is 1. The molecule has 11 heteroatoms. The van der Waals surface area contributed by atoms with Crippen LogP contribution < -0.4 is 9.91 Å². The van der Waals surface area contributed by atoms with E-state index in [0.717, 1.165) is 4.90 Å². The first-order valence-electron chi connectivity index (χ1n) is 9.26. The molecule has 2 aliphatic rings. The van der Waals surface area contributed by atoms with Gasteiger partial charge in [-0.3, -0.25) is 24.7 Å². The Labute approximate surface area is 180 Å². The van der Waals surface area contributed by atoms with Gasteiger partial charge in [-0.1, -0.05) is 11.6 Å². The van der Waals surface area contributed by atoms with Crippen molar-refractivity contribution in [3.05, 3.63) is 63.7 Å². The van der Waals surface area contributed by atoms with Crippen LogP contribution in [0.1, 0.15) is 6.92 Å². The molecular weight excluding hydrogens is 428 g/mol. The molecule has 0 aliphatic carbocycles. The molecule has 2 aromatic carbocycles. The molecule has 0 bridgehead atoms. The number of hydrogen-bond donors (Lipinski definition) is 0. The van der Waals surface area contributed by atoms with Gasteiger partial charge in [0.15, 0.2) is 5.71 Å². The van der Waals surface area contributed by atoms with Gasteiger partial charge in [-0.05, 0) is 43.3 Å². The second-order valence-corrected chi connectivity index (χ2v) is 7.17. The number of amides is 2. The maximum absolute atomic E-state index is 13.3. The lowest BCUT2D eigenvalue weighted by molar-refractivity contribution is -0.384. The van der Waals surface area contributed by atoms with Crippen molar-refractivity contribution in [2.45, 2.75) is 13.0 Å². The standard InChI is InChI=1S/C20H15ClN4O6/c1-2-31-20(28)16-15-17(24(22-16)13-5-3-11(21)4-6-13)19(27)23(18(15)26)12-7-9-14(10-8-12)25(29)30/h3-10,15,17H,2H2,1H3/t15-,17-/m1/s1. The predicted octanol–water partition coefficient (Wildman–Crippen LogP) is 2.55. The number of nitro groups is 1. The van der Waals surface area contributed by atoms with Gasteiger partial charge >= 0.3 is 5.97 Å². The number of rotatable bonds is 5. The van der Waals surface area contributed by atoms with Gasteiger partial charge in [-0.15, -0.1) is 0 Å². The Morgan fingerprint density at radius 3 is 2.29 bits per heavy atom. The summed E-state index contributed by atoms with van der Waals surface area (Å²) in [7, 11) is 0. The lowest BCUT2D eigenvalue weighted by Gasteiger charge is -2.22. The Kier molecular flexibility index (Phi) is 5.15. The number of non-ortho nitro benzene ring substituents is 1. The van der Waals surface area contributed by atoms with Gasteiger partial charge in [0.25, 0.3) is 11.6 Å². The number of carbonyl (C=O) groups excluding carboxylic acids is 3. The van der Waals surface area contributed by atoms with Crippen molar-refractivity contribution in [2.75, 3.05) is 16.5 Å². The van der Waals surface area contributed by atoms with E-state index >= 15 is 0 Å². The zero-order valence-electron chi connectivity index (χ0n) is 16.1. The van der Waals surface area contributed by atoms with Gasteiger partial charge in [0.05, 0.1) is 22.9 Å². The first-order chi connectivity index (χ1) is 14.8. The van der Waals surface area contributed by atoms with Crippen LogP contribution in [0, 0.1) is 16.0 Å². The van der Waals surface area contributed by atoms with Gasteiger partial charge in [-0.2, -0.15) is 5.10 Å². The fraction of sp³-hybridized carbons (Fsp3) is 0.200. The van der Waals surface area contributed by atoms with Crippen molar-refractivity contribution in [1.82, 2.24) is 0 Å². The number of fused-ring (bicyclic) bond motifs is 1. The number of ether oxygens (including phenoxy) is 1. The van der Waals surface area contributed by atoms with Crippen molar-refractivity contribution in [3.63, 3.8) is 0 Å². The molecule has 2 aromatic rings. The van der Waals surface area contributed by atoms with Crippen molar-refractivity contribution < 1.29 is 24.0 Å². The smallest absolute Gasteiger partial charge is 0.355 e. The van der Waals surface area contributed by atoms with Crippen LogP contribution in [-0.4, -0.2) is 41.1 Å². The second-order valence-electron chi connectivity index (χ2n) is 6.73. The van der Waals surface area contributed by atoms with Crippen LogP contribution in [0.3, 0.4) is 0 Å². The van der Waals surface area contributed by atoms with E-state index in [4.69, 9.17) is 16.3 Å². The molecule has 10 nitrogen and oxygen atoms in total. The maximum atomic E-state index is 13.3. The van der Waals surface area contributed by atoms with Crippen molar-refractivity contribution in [1.29, 1.82) is 0 Å². The summed E-state index contributed by atoms with van der Waals surface area (Å²) in [6.07, 6.45) is 0. The van der Waals surface area contributed by atoms with Crippen LogP contribution in [0.5, 0.6) is 0 Å². The Bertz CT molecular complexity index is 1120. The number of benzene rings is 2. The molecule has 0 saturated carbocycles. The molecule has 31 heavy (non-hydrogen) atoms. The monoisotopic (exact) mass is 442 g/mol. The summed E-state index contributed by atoms with van der Waals surface area (Å²) in [6.45, 7) is 1.69. The van der Waals surface area contributed by atoms with Gasteiger partial charge in [0.2, 0.25) is 5.91 Å².